The number of ether oxygens (including phenoxy) is 2. The van der Waals surface area contributed by atoms with Crippen LogP contribution in [-0.4, -0.2) is 45.7 Å². The van der Waals surface area contributed by atoms with Crippen molar-refractivity contribution in [1.82, 2.24) is 10.6 Å². The molecule has 92 valence electrons. The second kappa shape index (κ2) is 10.0. The van der Waals surface area contributed by atoms with E-state index in [0.717, 1.165) is 6.54 Å². The molecule has 0 fully saturated rings. The standard InChI is InChI=1S/C8H17N5O3/c1-3-10-6-11-8(14)16-5-7(15-2)4-12-13-9/h7,10H,3-6H2,1-2H3,(H,11,14). The summed E-state index contributed by atoms with van der Waals surface area (Å²) in [5.41, 5.74) is 8.11. The molecule has 8 nitrogen and oxygen atoms in total. The van der Waals surface area contributed by atoms with Crippen molar-refractivity contribution in [2.24, 2.45) is 5.11 Å². The van der Waals surface area contributed by atoms with Crippen LogP contribution in [0.1, 0.15) is 6.92 Å². The molecule has 0 aliphatic heterocycles. The van der Waals surface area contributed by atoms with Gasteiger partial charge in [-0.2, -0.15) is 0 Å². The Bertz CT molecular complexity index is 242. The second-order valence-electron chi connectivity index (χ2n) is 2.83. The zero-order chi connectivity index (χ0) is 12.2. The summed E-state index contributed by atoms with van der Waals surface area (Å²) < 4.78 is 9.78. The van der Waals surface area contributed by atoms with Gasteiger partial charge in [-0.15, -0.1) is 0 Å². The molecule has 0 aliphatic rings. The Morgan fingerprint density at radius 2 is 2.38 bits per heavy atom. The van der Waals surface area contributed by atoms with Crippen LogP contribution in [0.15, 0.2) is 5.11 Å². The highest BCUT2D eigenvalue weighted by Crippen LogP contribution is 1.93. The molecule has 1 atom stereocenters. The molecular weight excluding hydrogens is 214 g/mol. The summed E-state index contributed by atoms with van der Waals surface area (Å²) in [5.74, 6) is 0. The van der Waals surface area contributed by atoms with Crippen molar-refractivity contribution in [1.29, 1.82) is 0 Å². The first-order chi connectivity index (χ1) is 7.74. The summed E-state index contributed by atoms with van der Waals surface area (Å²) in [5, 5.41) is 8.72. The zero-order valence-corrected chi connectivity index (χ0v) is 9.47. The van der Waals surface area contributed by atoms with E-state index in [4.69, 9.17) is 15.0 Å². The Labute approximate surface area is 93.9 Å². The highest BCUT2D eigenvalue weighted by atomic mass is 16.6. The average Bonchev–Trinajstić information content (AvgIpc) is 2.30. The third-order valence-electron chi connectivity index (χ3n) is 1.69. The monoisotopic (exact) mass is 231 g/mol. The Hall–Kier alpha value is -1.50. The zero-order valence-electron chi connectivity index (χ0n) is 9.47. The van der Waals surface area contributed by atoms with Crippen LogP contribution in [0.25, 0.3) is 10.4 Å². The lowest BCUT2D eigenvalue weighted by atomic mass is 10.4. The van der Waals surface area contributed by atoms with Crippen molar-refractivity contribution in [3.05, 3.63) is 10.4 Å². The van der Waals surface area contributed by atoms with Gasteiger partial charge in [-0.05, 0) is 12.1 Å². The topological polar surface area (TPSA) is 108 Å². The molecule has 8 heteroatoms. The van der Waals surface area contributed by atoms with Crippen LogP contribution in [0.2, 0.25) is 0 Å². The smallest absolute Gasteiger partial charge is 0.408 e. The summed E-state index contributed by atoms with van der Waals surface area (Å²) >= 11 is 0. The fourth-order valence-corrected chi connectivity index (χ4v) is 0.802. The highest BCUT2D eigenvalue weighted by Gasteiger charge is 2.09. The van der Waals surface area contributed by atoms with Gasteiger partial charge in [-0.3, -0.25) is 0 Å². The number of carbonyl (C=O) groups is 1. The molecule has 0 bridgehead atoms. The molecule has 2 N–H and O–H groups in total. The first-order valence-electron chi connectivity index (χ1n) is 4.89. The van der Waals surface area contributed by atoms with Gasteiger partial charge in [0.25, 0.3) is 0 Å². The average molecular weight is 231 g/mol. The Balaban J connectivity index is 3.66. The minimum atomic E-state index is -0.538. The van der Waals surface area contributed by atoms with E-state index in [1.165, 1.54) is 7.11 Å². The van der Waals surface area contributed by atoms with Gasteiger partial charge in [0.05, 0.1) is 19.3 Å². The molecule has 1 amide bonds. The van der Waals surface area contributed by atoms with Gasteiger partial charge < -0.3 is 20.1 Å². The largest absolute Gasteiger partial charge is 0.447 e. The maximum atomic E-state index is 11.1. The lowest BCUT2D eigenvalue weighted by Crippen LogP contribution is -2.36. The Morgan fingerprint density at radius 3 is 2.94 bits per heavy atom. The SMILES string of the molecule is CCNCNC(=O)OCC(CN=[N+]=[N-])OC. The van der Waals surface area contributed by atoms with Crippen molar-refractivity contribution < 1.29 is 14.3 Å². The van der Waals surface area contributed by atoms with Crippen molar-refractivity contribution >= 4 is 6.09 Å². The Morgan fingerprint density at radius 1 is 1.62 bits per heavy atom. The molecule has 0 spiro atoms. The van der Waals surface area contributed by atoms with Crippen molar-refractivity contribution in [2.75, 3.05) is 33.5 Å². The molecular formula is C8H17N5O3. The number of amides is 1. The summed E-state index contributed by atoms with van der Waals surface area (Å²) in [7, 11) is 1.46. The second-order valence-corrected chi connectivity index (χ2v) is 2.83. The lowest BCUT2D eigenvalue weighted by molar-refractivity contribution is 0.0403. The Kier molecular flexibility index (Phi) is 9.09. The first kappa shape index (κ1) is 14.5. The number of hydrogen-bond acceptors (Lipinski definition) is 5. The fourth-order valence-electron chi connectivity index (χ4n) is 0.802. The van der Waals surface area contributed by atoms with Crippen LogP contribution in [0.5, 0.6) is 0 Å². The third-order valence-corrected chi connectivity index (χ3v) is 1.69. The number of rotatable bonds is 8. The quantitative estimate of drug-likeness (QED) is 0.209. The molecule has 0 heterocycles. The van der Waals surface area contributed by atoms with Crippen LogP contribution in [0.4, 0.5) is 4.79 Å². The van der Waals surface area contributed by atoms with Gasteiger partial charge in [-0.25, -0.2) is 4.79 Å². The molecule has 0 aromatic heterocycles. The summed E-state index contributed by atoms with van der Waals surface area (Å²) in [4.78, 5) is 13.7. The molecule has 0 saturated carbocycles. The molecule has 0 aliphatic carbocycles. The lowest BCUT2D eigenvalue weighted by Gasteiger charge is -2.13. The number of hydrogen-bond donors (Lipinski definition) is 2. The number of methoxy groups -OCH3 is 1. The van der Waals surface area contributed by atoms with E-state index in [1.54, 1.807) is 0 Å². The first-order valence-corrected chi connectivity index (χ1v) is 4.89. The van der Waals surface area contributed by atoms with Gasteiger partial charge in [0.15, 0.2) is 0 Å². The van der Waals surface area contributed by atoms with Gasteiger partial charge >= 0.3 is 6.09 Å². The minimum Gasteiger partial charge on any atom is -0.447 e. The predicted octanol–water partition coefficient (Wildman–Crippen LogP) is 0.605. The van der Waals surface area contributed by atoms with Crippen LogP contribution in [-0.2, 0) is 9.47 Å². The maximum absolute atomic E-state index is 11.1. The van der Waals surface area contributed by atoms with E-state index >= 15 is 0 Å². The number of nitrogens with one attached hydrogen (secondary N) is 2. The van der Waals surface area contributed by atoms with E-state index in [2.05, 4.69) is 20.7 Å². The molecule has 1 unspecified atom stereocenters. The van der Waals surface area contributed by atoms with Crippen molar-refractivity contribution in [2.45, 2.75) is 13.0 Å². The van der Waals surface area contributed by atoms with Crippen LogP contribution in [0.3, 0.4) is 0 Å². The molecule has 0 rings (SSSR count). The van der Waals surface area contributed by atoms with Crippen LogP contribution in [0, 0.1) is 0 Å². The third kappa shape index (κ3) is 7.86. The van der Waals surface area contributed by atoms with Gasteiger partial charge in [0.1, 0.15) is 6.61 Å². The summed E-state index contributed by atoms with van der Waals surface area (Å²) in [6.07, 6.45) is -0.954. The number of alkyl carbamates (subject to hydrolysis) is 1. The molecule has 16 heavy (non-hydrogen) atoms. The number of azide groups is 1. The summed E-state index contributed by atoms with van der Waals surface area (Å²) in [6.45, 7) is 3.22. The predicted molar refractivity (Wildman–Crippen MR) is 57.8 cm³/mol. The maximum Gasteiger partial charge on any atom is 0.408 e. The summed E-state index contributed by atoms with van der Waals surface area (Å²) in [6, 6.07) is 0. The number of nitrogens with zero attached hydrogens (tertiary/aromatic N) is 3. The van der Waals surface area contributed by atoms with E-state index < -0.39 is 12.2 Å². The van der Waals surface area contributed by atoms with Gasteiger partial charge in [0, 0.05) is 12.0 Å². The van der Waals surface area contributed by atoms with Crippen LogP contribution >= 0.6 is 0 Å². The van der Waals surface area contributed by atoms with Gasteiger partial charge in [0.2, 0.25) is 0 Å². The van der Waals surface area contributed by atoms with Gasteiger partial charge in [-0.1, -0.05) is 12.0 Å². The van der Waals surface area contributed by atoms with E-state index in [9.17, 15) is 4.79 Å². The number of carbonyl (C=O) groups excluding carboxylic acids is 1. The van der Waals surface area contributed by atoms with Crippen molar-refractivity contribution in [3.63, 3.8) is 0 Å². The molecule has 0 aromatic rings. The van der Waals surface area contributed by atoms with E-state index in [1.807, 2.05) is 6.92 Å². The minimum absolute atomic E-state index is 0.0491. The highest BCUT2D eigenvalue weighted by molar-refractivity contribution is 5.66. The van der Waals surface area contributed by atoms with Crippen molar-refractivity contribution in [3.8, 4) is 0 Å². The molecule has 0 aromatic carbocycles. The van der Waals surface area contributed by atoms with E-state index in [0.29, 0.717) is 6.67 Å². The molecule has 0 radical (unpaired) electrons. The van der Waals surface area contributed by atoms with E-state index in [-0.39, 0.29) is 13.2 Å². The van der Waals surface area contributed by atoms with Crippen LogP contribution < -0.4 is 10.6 Å². The fraction of sp³-hybridized carbons (Fsp3) is 0.875. The normalized spacial score (nSPS) is 11.4. The molecule has 0 saturated heterocycles.